The van der Waals surface area contributed by atoms with E-state index >= 15 is 0 Å². The molecule has 1 aliphatic carbocycles. The average molecular weight is 495 g/mol. The number of benzene rings is 1. The molecule has 0 bridgehead atoms. The summed E-state index contributed by atoms with van der Waals surface area (Å²) in [6.07, 6.45) is 4.66. The van der Waals surface area contributed by atoms with Gasteiger partial charge in [-0.3, -0.25) is 14.5 Å². The van der Waals surface area contributed by atoms with E-state index in [1.165, 1.54) is 11.3 Å². The molecule has 3 aliphatic rings. The first-order valence-electron chi connectivity index (χ1n) is 12.3. The van der Waals surface area contributed by atoms with E-state index in [9.17, 15) is 14.9 Å². The van der Waals surface area contributed by atoms with E-state index in [-0.39, 0.29) is 24.5 Å². The van der Waals surface area contributed by atoms with Crippen LogP contribution in [0.25, 0.3) is 0 Å². The number of rotatable bonds is 4. The Hall–Kier alpha value is -3.09. The van der Waals surface area contributed by atoms with Crippen LogP contribution in [0.3, 0.4) is 0 Å². The Balaban J connectivity index is 1.16. The van der Waals surface area contributed by atoms with Gasteiger partial charge in [0, 0.05) is 31.1 Å². The molecule has 0 spiro atoms. The number of aryl methyl sites for hydroxylation is 1. The Kier molecular flexibility index (Phi) is 6.93. The number of fused-ring (bicyclic) bond motifs is 2. The van der Waals surface area contributed by atoms with Crippen LogP contribution in [0.2, 0.25) is 0 Å². The monoisotopic (exact) mass is 494 g/mol. The number of anilines is 1. The summed E-state index contributed by atoms with van der Waals surface area (Å²) in [7, 11) is 0. The lowest BCUT2D eigenvalue weighted by Crippen LogP contribution is -2.57. The molecular formula is C26H30N4O4S. The summed E-state index contributed by atoms with van der Waals surface area (Å²) < 4.78 is 11.6. The molecule has 0 radical (unpaired) electrons. The lowest BCUT2D eigenvalue weighted by molar-refractivity contribution is -0.143. The largest absolute Gasteiger partial charge is 0.485 e. The smallest absolute Gasteiger partial charge is 0.267 e. The van der Waals surface area contributed by atoms with Gasteiger partial charge in [0.2, 0.25) is 12.0 Å². The van der Waals surface area contributed by atoms with Gasteiger partial charge in [0.1, 0.15) is 17.7 Å². The molecule has 3 heterocycles. The SMILES string of the molecule is C[C@@H](C(=O)Nc1sc2c(c1C#N)CCCCC2)N1CCN(C(=O)[C@@H]2COc3ccccc3O2)CC1. The summed E-state index contributed by atoms with van der Waals surface area (Å²) in [6.45, 7) is 4.31. The van der Waals surface area contributed by atoms with Crippen molar-refractivity contribution in [1.82, 2.24) is 9.80 Å². The van der Waals surface area contributed by atoms with Crippen molar-refractivity contribution < 1.29 is 19.1 Å². The molecular weight excluding hydrogens is 464 g/mol. The van der Waals surface area contributed by atoms with E-state index in [0.717, 1.165) is 31.2 Å². The van der Waals surface area contributed by atoms with Gasteiger partial charge in [-0.05, 0) is 50.3 Å². The third kappa shape index (κ3) is 4.86. The zero-order valence-electron chi connectivity index (χ0n) is 19.9. The van der Waals surface area contributed by atoms with Crippen molar-refractivity contribution in [2.45, 2.75) is 51.2 Å². The van der Waals surface area contributed by atoms with E-state index in [1.807, 2.05) is 25.1 Å². The van der Waals surface area contributed by atoms with Gasteiger partial charge in [-0.25, -0.2) is 0 Å². The molecule has 1 aromatic heterocycles. The van der Waals surface area contributed by atoms with Gasteiger partial charge in [-0.1, -0.05) is 18.6 Å². The number of nitrogens with one attached hydrogen (secondary N) is 1. The zero-order valence-corrected chi connectivity index (χ0v) is 20.7. The van der Waals surface area contributed by atoms with Crippen molar-refractivity contribution in [3.8, 4) is 17.6 Å². The minimum Gasteiger partial charge on any atom is -0.485 e. The molecule has 2 amide bonds. The third-order valence-electron chi connectivity index (χ3n) is 7.11. The first-order chi connectivity index (χ1) is 17.0. The summed E-state index contributed by atoms with van der Waals surface area (Å²) in [4.78, 5) is 31.2. The Bertz CT molecular complexity index is 1150. The van der Waals surface area contributed by atoms with Crippen LogP contribution in [-0.2, 0) is 22.4 Å². The molecule has 0 unspecified atom stereocenters. The van der Waals surface area contributed by atoms with Crippen LogP contribution in [0.4, 0.5) is 5.00 Å². The zero-order chi connectivity index (χ0) is 24.4. The first kappa shape index (κ1) is 23.6. The summed E-state index contributed by atoms with van der Waals surface area (Å²) in [6, 6.07) is 9.32. The first-order valence-corrected chi connectivity index (χ1v) is 13.1. The number of carbonyl (C=O) groups excluding carboxylic acids is 2. The molecule has 1 N–H and O–H groups in total. The molecule has 9 heteroatoms. The predicted octanol–water partition coefficient (Wildman–Crippen LogP) is 3.20. The standard InChI is InChI=1S/C26H30N4O4S/c1-17(24(31)28-25-19(15-27)18-7-3-2-4-10-23(18)35-25)29-11-13-30(14-12-29)26(32)22-16-33-20-8-5-6-9-21(20)34-22/h5-6,8-9,17,22H,2-4,7,10-14,16H2,1H3,(H,28,31)/t17-,22-/m0/s1. The van der Waals surface area contributed by atoms with Gasteiger partial charge >= 0.3 is 0 Å². The summed E-state index contributed by atoms with van der Waals surface area (Å²) in [5, 5.41) is 13.4. The van der Waals surface area contributed by atoms with Crippen LogP contribution < -0.4 is 14.8 Å². The summed E-state index contributed by atoms with van der Waals surface area (Å²) >= 11 is 1.56. The van der Waals surface area contributed by atoms with Crippen LogP contribution in [0, 0.1) is 11.3 Å². The van der Waals surface area contributed by atoms with Crippen LogP contribution in [0.5, 0.6) is 11.5 Å². The van der Waals surface area contributed by atoms with E-state index in [1.54, 1.807) is 22.3 Å². The van der Waals surface area contributed by atoms with E-state index in [2.05, 4.69) is 16.3 Å². The Morgan fingerprint density at radius 2 is 1.86 bits per heavy atom. The van der Waals surface area contributed by atoms with E-state index in [0.29, 0.717) is 48.2 Å². The predicted molar refractivity (Wildman–Crippen MR) is 133 cm³/mol. The molecule has 184 valence electrons. The van der Waals surface area contributed by atoms with Gasteiger partial charge in [-0.2, -0.15) is 5.26 Å². The van der Waals surface area contributed by atoms with Gasteiger partial charge in [0.05, 0.1) is 11.6 Å². The van der Waals surface area contributed by atoms with E-state index < -0.39 is 6.10 Å². The van der Waals surface area contributed by atoms with Gasteiger partial charge in [-0.15, -0.1) is 11.3 Å². The Morgan fingerprint density at radius 1 is 1.11 bits per heavy atom. The van der Waals surface area contributed by atoms with E-state index in [4.69, 9.17) is 9.47 Å². The number of piperazine rings is 1. The molecule has 5 rings (SSSR count). The fourth-order valence-electron chi connectivity index (χ4n) is 5.01. The minimum absolute atomic E-state index is 0.0880. The second-order valence-corrected chi connectivity index (χ2v) is 10.4. The maximum Gasteiger partial charge on any atom is 0.267 e. The van der Waals surface area contributed by atoms with Gasteiger partial charge in [0.15, 0.2) is 11.5 Å². The number of thiophene rings is 1. The molecule has 2 atom stereocenters. The van der Waals surface area contributed by atoms with Crippen molar-refractivity contribution in [3.63, 3.8) is 0 Å². The minimum atomic E-state index is -0.657. The summed E-state index contributed by atoms with van der Waals surface area (Å²) in [5.74, 6) is 1.04. The second-order valence-electron chi connectivity index (χ2n) is 9.27. The van der Waals surface area contributed by atoms with Crippen molar-refractivity contribution in [2.75, 3.05) is 38.1 Å². The highest BCUT2D eigenvalue weighted by molar-refractivity contribution is 7.16. The molecule has 2 aliphatic heterocycles. The average Bonchev–Trinajstić information content (AvgIpc) is 3.05. The van der Waals surface area contributed by atoms with Crippen molar-refractivity contribution in [2.24, 2.45) is 0 Å². The number of nitriles is 1. The molecule has 1 fully saturated rings. The number of nitrogens with zero attached hydrogens (tertiary/aromatic N) is 3. The molecule has 8 nitrogen and oxygen atoms in total. The molecule has 1 saturated heterocycles. The van der Waals surface area contributed by atoms with Crippen LogP contribution >= 0.6 is 11.3 Å². The topological polar surface area (TPSA) is 94.9 Å². The quantitative estimate of drug-likeness (QED) is 0.656. The van der Waals surface area contributed by atoms with Crippen molar-refractivity contribution in [1.29, 1.82) is 5.26 Å². The maximum absolute atomic E-state index is 13.1. The fourth-order valence-corrected chi connectivity index (χ4v) is 6.25. The highest BCUT2D eigenvalue weighted by Crippen LogP contribution is 2.37. The number of carbonyl (C=O) groups is 2. The number of hydrogen-bond donors (Lipinski definition) is 1. The normalized spacial score (nSPS) is 20.8. The number of hydrogen-bond acceptors (Lipinski definition) is 7. The highest BCUT2D eigenvalue weighted by atomic mass is 32.1. The van der Waals surface area contributed by atoms with Crippen molar-refractivity contribution in [3.05, 3.63) is 40.3 Å². The van der Waals surface area contributed by atoms with Gasteiger partial charge in [0.25, 0.3) is 5.91 Å². The second kappa shape index (κ2) is 10.3. The van der Waals surface area contributed by atoms with Crippen LogP contribution in [-0.4, -0.2) is 66.5 Å². The Labute approximate surface area is 209 Å². The molecule has 2 aromatic rings. The maximum atomic E-state index is 13.1. The summed E-state index contributed by atoms with van der Waals surface area (Å²) in [5.41, 5.74) is 1.76. The lowest BCUT2D eigenvalue weighted by Gasteiger charge is -2.39. The lowest BCUT2D eigenvalue weighted by atomic mass is 10.1. The van der Waals surface area contributed by atoms with Crippen LogP contribution in [0.1, 0.15) is 42.2 Å². The third-order valence-corrected chi connectivity index (χ3v) is 8.31. The Morgan fingerprint density at radius 3 is 2.63 bits per heavy atom. The number of amides is 2. The number of ether oxygens (including phenoxy) is 2. The van der Waals surface area contributed by atoms with Crippen LogP contribution in [0.15, 0.2) is 24.3 Å². The molecule has 35 heavy (non-hydrogen) atoms. The highest BCUT2D eigenvalue weighted by Gasteiger charge is 2.34. The molecule has 1 aromatic carbocycles. The van der Waals surface area contributed by atoms with Gasteiger partial charge < -0.3 is 19.7 Å². The number of para-hydroxylation sites is 2. The van der Waals surface area contributed by atoms with Crippen molar-refractivity contribution >= 4 is 28.2 Å². The fraction of sp³-hybridized carbons (Fsp3) is 0.500. The molecule has 0 saturated carbocycles.